The van der Waals surface area contributed by atoms with Crippen molar-refractivity contribution in [1.29, 1.82) is 0 Å². The van der Waals surface area contributed by atoms with Gasteiger partial charge in [-0.2, -0.15) is 0 Å². The number of rotatable bonds is 1. The smallest absolute Gasteiger partial charge is 0.167 e. The van der Waals surface area contributed by atoms with Crippen molar-refractivity contribution in [3.63, 3.8) is 0 Å². The van der Waals surface area contributed by atoms with Crippen LogP contribution in [0.1, 0.15) is 21.6 Å². The number of nitrogens with one attached hydrogen (secondary N) is 1. The molecule has 1 aromatic carbocycles. The van der Waals surface area contributed by atoms with Gasteiger partial charge in [-0.15, -0.1) is 0 Å². The molecule has 3 heteroatoms. The third-order valence-corrected chi connectivity index (χ3v) is 3.54. The van der Waals surface area contributed by atoms with E-state index in [-0.39, 0.29) is 0 Å². The molecule has 2 nitrogen and oxygen atoms in total. The maximum atomic E-state index is 10.8. The van der Waals surface area contributed by atoms with Crippen molar-refractivity contribution < 1.29 is 4.79 Å². The minimum atomic E-state index is 0.489. The summed E-state index contributed by atoms with van der Waals surface area (Å²) >= 11 is 6.15. The summed E-state index contributed by atoms with van der Waals surface area (Å²) in [5.41, 5.74) is 5.05. The van der Waals surface area contributed by atoms with Crippen molar-refractivity contribution in [2.75, 3.05) is 0 Å². The summed E-state index contributed by atoms with van der Waals surface area (Å²) < 4.78 is 0. The van der Waals surface area contributed by atoms with Gasteiger partial charge in [-0.25, -0.2) is 0 Å². The molecule has 0 saturated heterocycles. The first-order valence-electron chi connectivity index (χ1n) is 5.25. The molecular formula is C13H10ClNO. The number of carbonyl (C=O) groups excluding carboxylic acids is 1. The molecule has 0 aliphatic heterocycles. The van der Waals surface area contributed by atoms with E-state index in [2.05, 4.69) is 17.1 Å². The molecule has 0 unspecified atom stereocenters. The normalized spacial score (nSPS) is 13.1. The average molecular weight is 232 g/mol. The Morgan fingerprint density at radius 3 is 2.88 bits per heavy atom. The Hall–Kier alpha value is -1.54. The summed E-state index contributed by atoms with van der Waals surface area (Å²) in [5, 5.41) is 0.583. The zero-order valence-electron chi connectivity index (χ0n) is 8.59. The molecule has 16 heavy (non-hydrogen) atoms. The van der Waals surface area contributed by atoms with Gasteiger partial charge in [0.2, 0.25) is 0 Å². The average Bonchev–Trinajstić information content (AvgIpc) is 2.67. The fourth-order valence-electron chi connectivity index (χ4n) is 2.32. The third-order valence-electron chi connectivity index (χ3n) is 3.11. The lowest BCUT2D eigenvalue weighted by atomic mass is 9.90. The van der Waals surface area contributed by atoms with Gasteiger partial charge >= 0.3 is 0 Å². The van der Waals surface area contributed by atoms with Gasteiger partial charge in [0.05, 0.1) is 16.4 Å². The fourth-order valence-corrected chi connectivity index (χ4v) is 2.61. The number of aryl methyl sites for hydroxylation is 1. The molecule has 0 bridgehead atoms. The predicted molar refractivity (Wildman–Crippen MR) is 64.0 cm³/mol. The largest absolute Gasteiger partial charge is 0.351 e. The van der Waals surface area contributed by atoms with E-state index in [4.69, 9.17) is 11.6 Å². The number of benzene rings is 1. The summed E-state index contributed by atoms with van der Waals surface area (Å²) in [5.74, 6) is 0. The van der Waals surface area contributed by atoms with E-state index in [9.17, 15) is 4.79 Å². The van der Waals surface area contributed by atoms with E-state index in [0.717, 1.165) is 30.4 Å². The van der Waals surface area contributed by atoms with Gasteiger partial charge in [0.25, 0.3) is 0 Å². The molecule has 0 fully saturated rings. The molecule has 0 atom stereocenters. The zero-order valence-corrected chi connectivity index (χ0v) is 9.34. The maximum Gasteiger partial charge on any atom is 0.167 e. The van der Waals surface area contributed by atoms with Crippen LogP contribution in [-0.4, -0.2) is 11.3 Å². The summed E-state index contributed by atoms with van der Waals surface area (Å²) in [6.45, 7) is 0. The summed E-state index contributed by atoms with van der Waals surface area (Å²) in [4.78, 5) is 13.9. The molecular weight excluding hydrogens is 222 g/mol. The van der Waals surface area contributed by atoms with E-state index in [1.807, 2.05) is 12.1 Å². The molecule has 1 heterocycles. The van der Waals surface area contributed by atoms with Crippen LogP contribution < -0.4 is 0 Å². The Labute approximate surface area is 98.3 Å². The highest BCUT2D eigenvalue weighted by molar-refractivity contribution is 6.34. The zero-order chi connectivity index (χ0) is 11.1. The Morgan fingerprint density at radius 2 is 2.06 bits per heavy atom. The predicted octanol–water partition coefficient (Wildman–Crippen LogP) is 3.25. The molecule has 1 aliphatic carbocycles. The number of fused-ring (bicyclic) bond motifs is 3. The van der Waals surface area contributed by atoms with Crippen LogP contribution in [0.2, 0.25) is 5.02 Å². The Balaban J connectivity index is 2.29. The Bertz CT molecular complexity index is 571. The number of aldehydes is 1. The fraction of sp³-hybridized carbons (Fsp3) is 0.154. The maximum absolute atomic E-state index is 10.8. The van der Waals surface area contributed by atoms with Gasteiger partial charge in [0, 0.05) is 5.56 Å². The lowest BCUT2D eigenvalue weighted by Crippen LogP contribution is -2.02. The highest BCUT2D eigenvalue weighted by Crippen LogP contribution is 2.37. The van der Waals surface area contributed by atoms with Crippen LogP contribution in [0.3, 0.4) is 0 Å². The van der Waals surface area contributed by atoms with Crippen LogP contribution in [0.4, 0.5) is 0 Å². The summed E-state index contributed by atoms with van der Waals surface area (Å²) in [6.07, 6.45) is 2.66. The molecule has 0 radical (unpaired) electrons. The number of hydrogen-bond acceptors (Lipinski definition) is 1. The molecule has 1 N–H and O–H groups in total. The van der Waals surface area contributed by atoms with Gasteiger partial charge in [-0.05, 0) is 24.0 Å². The molecule has 1 aliphatic rings. The van der Waals surface area contributed by atoms with Crippen molar-refractivity contribution in [3.05, 3.63) is 46.1 Å². The van der Waals surface area contributed by atoms with Crippen LogP contribution in [0.5, 0.6) is 0 Å². The first kappa shape index (κ1) is 9.67. The van der Waals surface area contributed by atoms with Crippen molar-refractivity contribution in [1.82, 2.24) is 4.98 Å². The Kier molecular flexibility index (Phi) is 2.11. The number of aromatic amines is 1. The van der Waals surface area contributed by atoms with Gasteiger partial charge < -0.3 is 4.98 Å². The highest BCUT2D eigenvalue weighted by atomic mass is 35.5. The van der Waals surface area contributed by atoms with Crippen molar-refractivity contribution in [3.8, 4) is 11.3 Å². The monoisotopic (exact) mass is 231 g/mol. The molecule has 0 amide bonds. The third kappa shape index (κ3) is 1.23. The molecule has 0 spiro atoms. The quantitative estimate of drug-likeness (QED) is 0.751. The van der Waals surface area contributed by atoms with Crippen LogP contribution in [0.15, 0.2) is 24.3 Å². The topological polar surface area (TPSA) is 32.9 Å². The second kappa shape index (κ2) is 3.49. The van der Waals surface area contributed by atoms with Gasteiger partial charge in [-0.3, -0.25) is 4.79 Å². The van der Waals surface area contributed by atoms with Crippen molar-refractivity contribution in [2.45, 2.75) is 12.8 Å². The number of halogens is 1. The number of carbonyl (C=O) groups is 1. The Morgan fingerprint density at radius 1 is 1.25 bits per heavy atom. The number of aromatic nitrogens is 1. The first-order valence-corrected chi connectivity index (χ1v) is 5.63. The second-order valence-corrected chi connectivity index (χ2v) is 4.36. The molecule has 1 aromatic heterocycles. The van der Waals surface area contributed by atoms with E-state index < -0.39 is 0 Å². The first-order chi connectivity index (χ1) is 7.81. The highest BCUT2D eigenvalue weighted by Gasteiger charge is 2.22. The minimum absolute atomic E-state index is 0.489. The molecule has 0 saturated carbocycles. The van der Waals surface area contributed by atoms with Crippen molar-refractivity contribution in [2.24, 2.45) is 0 Å². The van der Waals surface area contributed by atoms with Gasteiger partial charge in [-0.1, -0.05) is 35.9 Å². The summed E-state index contributed by atoms with van der Waals surface area (Å²) in [7, 11) is 0. The lowest BCUT2D eigenvalue weighted by Gasteiger charge is -2.15. The van der Waals surface area contributed by atoms with Crippen LogP contribution in [0, 0.1) is 0 Å². The van der Waals surface area contributed by atoms with E-state index in [1.54, 1.807) is 0 Å². The van der Waals surface area contributed by atoms with Gasteiger partial charge in [0.15, 0.2) is 6.29 Å². The SMILES string of the molecule is O=Cc1[nH]c2c(c1Cl)CCc1ccccc1-2. The van der Waals surface area contributed by atoms with Crippen LogP contribution in [-0.2, 0) is 12.8 Å². The summed E-state index contributed by atoms with van der Waals surface area (Å²) in [6, 6.07) is 8.22. The van der Waals surface area contributed by atoms with E-state index >= 15 is 0 Å². The second-order valence-electron chi connectivity index (χ2n) is 3.98. The van der Waals surface area contributed by atoms with Crippen LogP contribution in [0.25, 0.3) is 11.3 Å². The van der Waals surface area contributed by atoms with Crippen molar-refractivity contribution >= 4 is 17.9 Å². The number of H-pyrrole nitrogens is 1. The standard InChI is InChI=1S/C13H10ClNO/c14-12-10-6-5-8-3-1-2-4-9(8)13(10)15-11(12)7-16/h1-4,7,15H,5-6H2. The van der Waals surface area contributed by atoms with E-state index in [1.165, 1.54) is 11.1 Å². The number of hydrogen-bond donors (Lipinski definition) is 1. The molecule has 80 valence electrons. The lowest BCUT2D eigenvalue weighted by molar-refractivity contribution is 0.112. The van der Waals surface area contributed by atoms with Crippen LogP contribution >= 0.6 is 11.6 Å². The van der Waals surface area contributed by atoms with E-state index in [0.29, 0.717) is 10.7 Å². The van der Waals surface area contributed by atoms with Gasteiger partial charge in [0.1, 0.15) is 0 Å². The molecule has 2 aromatic rings. The minimum Gasteiger partial charge on any atom is -0.351 e. The molecule has 3 rings (SSSR count).